The van der Waals surface area contributed by atoms with E-state index in [1.807, 2.05) is 0 Å². The van der Waals surface area contributed by atoms with Crippen molar-refractivity contribution < 1.29 is 9.59 Å². The van der Waals surface area contributed by atoms with Gasteiger partial charge < -0.3 is 5.32 Å². The number of aromatic nitrogens is 1. The highest BCUT2D eigenvalue weighted by molar-refractivity contribution is 6.60. The van der Waals surface area contributed by atoms with E-state index in [1.165, 1.54) is 12.4 Å². The molecule has 0 saturated carbocycles. The van der Waals surface area contributed by atoms with Gasteiger partial charge in [-0.2, -0.15) is 0 Å². The first kappa shape index (κ1) is 12.0. The first-order chi connectivity index (χ1) is 8.68. The average molecular weight is 236 g/mol. The topological polar surface area (TPSA) is 59.1 Å². The molecule has 0 aliphatic rings. The molecule has 0 fully saturated rings. The predicted molar refractivity (Wildman–Crippen MR) is 68.9 cm³/mol. The molecule has 1 amide bonds. The molecule has 18 heavy (non-hydrogen) atoms. The molecule has 2 rings (SSSR count). The second-order valence-corrected chi connectivity index (χ2v) is 3.60. The van der Waals surface area contributed by atoms with Gasteiger partial charge in [0.1, 0.15) is 0 Å². The van der Waals surface area contributed by atoms with E-state index >= 15 is 0 Å². The van der Waals surface area contributed by atoms with Crippen LogP contribution in [-0.2, 0) is 0 Å². The highest BCUT2D eigenvalue weighted by Gasteiger charge is 2.13. The molecule has 0 aliphatic heterocycles. The van der Waals surface area contributed by atoms with Gasteiger partial charge in [0.15, 0.2) is 11.6 Å². The number of carbonyl (C=O) groups is 2. The van der Waals surface area contributed by atoms with E-state index in [0.29, 0.717) is 16.8 Å². The summed E-state index contributed by atoms with van der Waals surface area (Å²) in [6, 6.07) is 9.93. The molecule has 0 atom stereocenters. The van der Waals surface area contributed by atoms with Crippen molar-refractivity contribution >= 4 is 25.1 Å². The molecular weight excluding hydrogens is 227 g/mol. The smallest absolute Gasteiger partial charge is 0.201 e. The third kappa shape index (κ3) is 2.63. The van der Waals surface area contributed by atoms with Crippen LogP contribution in [0.15, 0.2) is 48.8 Å². The van der Waals surface area contributed by atoms with Crippen LogP contribution in [0, 0.1) is 0 Å². The standard InChI is InChI=1S/C13H9BN2O2/c14-13(18)16-11-4-2-1-3-10(11)12(17)9-5-7-15-8-6-9/h1-8H,(H,16,18). The molecule has 1 N–H and O–H groups in total. The van der Waals surface area contributed by atoms with Crippen molar-refractivity contribution in [1.82, 2.24) is 4.98 Å². The van der Waals surface area contributed by atoms with Crippen molar-refractivity contribution in [2.24, 2.45) is 0 Å². The number of hydrogen-bond donors (Lipinski definition) is 1. The average Bonchev–Trinajstić information content (AvgIpc) is 2.39. The Hall–Kier alpha value is -2.43. The summed E-state index contributed by atoms with van der Waals surface area (Å²) < 4.78 is 0. The third-order valence-electron chi connectivity index (χ3n) is 2.37. The largest absolute Gasteiger partial charge is 0.335 e. The van der Waals surface area contributed by atoms with Crippen molar-refractivity contribution in [1.29, 1.82) is 0 Å². The number of nitrogens with zero attached hydrogens (tertiary/aromatic N) is 1. The first-order valence-corrected chi connectivity index (χ1v) is 5.28. The number of para-hydroxylation sites is 1. The summed E-state index contributed by atoms with van der Waals surface area (Å²) >= 11 is 0. The first-order valence-electron chi connectivity index (χ1n) is 5.28. The fraction of sp³-hybridized carbons (Fsp3) is 0. The van der Waals surface area contributed by atoms with E-state index in [1.54, 1.807) is 36.4 Å². The van der Waals surface area contributed by atoms with Gasteiger partial charge in [-0.3, -0.25) is 14.6 Å². The van der Waals surface area contributed by atoms with E-state index in [0.717, 1.165) is 0 Å². The van der Waals surface area contributed by atoms with Crippen LogP contribution >= 0.6 is 0 Å². The zero-order chi connectivity index (χ0) is 13.0. The second kappa shape index (κ2) is 5.27. The number of carbonyl (C=O) groups excluding carboxylic acids is 2. The Balaban J connectivity index is 2.39. The molecule has 1 aromatic carbocycles. The Kier molecular flexibility index (Phi) is 3.53. The maximum absolute atomic E-state index is 12.2. The molecule has 5 heteroatoms. The number of rotatable bonds is 3. The Morgan fingerprint density at radius 3 is 2.39 bits per heavy atom. The van der Waals surface area contributed by atoms with E-state index in [-0.39, 0.29) is 5.78 Å². The third-order valence-corrected chi connectivity index (χ3v) is 2.37. The molecule has 0 spiro atoms. The van der Waals surface area contributed by atoms with Crippen LogP contribution in [0.3, 0.4) is 0 Å². The summed E-state index contributed by atoms with van der Waals surface area (Å²) in [5.41, 5.74) is 1.29. The fourth-order valence-electron chi connectivity index (χ4n) is 1.58. The fourth-order valence-corrected chi connectivity index (χ4v) is 1.58. The van der Waals surface area contributed by atoms with Crippen molar-refractivity contribution in [2.45, 2.75) is 0 Å². The lowest BCUT2D eigenvalue weighted by atomic mass is 10.0. The van der Waals surface area contributed by atoms with E-state index in [4.69, 9.17) is 7.85 Å². The monoisotopic (exact) mass is 236 g/mol. The van der Waals surface area contributed by atoms with Gasteiger partial charge >= 0.3 is 0 Å². The normalized spacial score (nSPS) is 9.78. The van der Waals surface area contributed by atoms with Crippen LogP contribution in [0.5, 0.6) is 0 Å². The summed E-state index contributed by atoms with van der Waals surface area (Å²) in [7, 11) is 5.06. The number of nitrogens with one attached hydrogen (secondary N) is 1. The number of ketones is 1. The second-order valence-electron chi connectivity index (χ2n) is 3.60. The molecular formula is C13H9BN2O2. The van der Waals surface area contributed by atoms with Crippen LogP contribution in [0.25, 0.3) is 0 Å². The Labute approximate surface area is 105 Å². The zero-order valence-corrected chi connectivity index (χ0v) is 9.46. The van der Waals surface area contributed by atoms with Gasteiger partial charge in [0.05, 0.1) is 5.69 Å². The van der Waals surface area contributed by atoms with Crippen LogP contribution in [0.2, 0.25) is 0 Å². The lowest BCUT2D eigenvalue weighted by Crippen LogP contribution is -2.13. The minimum atomic E-state index is -0.704. The summed E-state index contributed by atoms with van der Waals surface area (Å²) in [6.45, 7) is 0. The molecule has 1 heterocycles. The molecule has 0 unspecified atom stereocenters. The number of hydrogen-bond acceptors (Lipinski definition) is 3. The highest BCUT2D eigenvalue weighted by Crippen LogP contribution is 2.18. The molecule has 4 nitrogen and oxygen atoms in total. The van der Waals surface area contributed by atoms with Gasteiger partial charge in [-0.15, -0.1) is 0 Å². The van der Waals surface area contributed by atoms with Gasteiger partial charge in [-0.05, 0) is 24.3 Å². The van der Waals surface area contributed by atoms with E-state index < -0.39 is 5.81 Å². The lowest BCUT2D eigenvalue weighted by molar-refractivity contribution is 0.103. The minimum absolute atomic E-state index is 0.193. The number of amides is 1. The zero-order valence-electron chi connectivity index (χ0n) is 9.46. The van der Waals surface area contributed by atoms with Crippen LogP contribution < -0.4 is 5.32 Å². The molecule has 0 saturated heterocycles. The van der Waals surface area contributed by atoms with Gasteiger partial charge in [0.25, 0.3) is 0 Å². The van der Waals surface area contributed by atoms with Crippen LogP contribution in [-0.4, -0.2) is 24.4 Å². The van der Waals surface area contributed by atoms with E-state index in [2.05, 4.69) is 10.3 Å². The van der Waals surface area contributed by atoms with Crippen LogP contribution in [0.4, 0.5) is 10.5 Å². The van der Waals surface area contributed by atoms with Gasteiger partial charge in [0.2, 0.25) is 7.85 Å². The number of benzene rings is 1. The molecule has 2 aromatic rings. The predicted octanol–water partition coefficient (Wildman–Crippen LogP) is 2.01. The Bertz CT molecular complexity index is 585. The van der Waals surface area contributed by atoms with Gasteiger partial charge in [-0.25, -0.2) is 0 Å². The number of anilines is 1. The highest BCUT2D eigenvalue weighted by atomic mass is 16.1. The molecule has 1 aromatic heterocycles. The summed E-state index contributed by atoms with van der Waals surface area (Å²) in [6.07, 6.45) is 3.08. The Morgan fingerprint density at radius 1 is 1.06 bits per heavy atom. The molecule has 86 valence electrons. The number of pyridine rings is 1. The molecule has 0 bridgehead atoms. The van der Waals surface area contributed by atoms with Crippen molar-refractivity contribution in [3.63, 3.8) is 0 Å². The summed E-state index contributed by atoms with van der Waals surface area (Å²) in [5.74, 6) is -0.897. The molecule has 0 aliphatic carbocycles. The molecule has 2 radical (unpaired) electrons. The quantitative estimate of drug-likeness (QED) is 0.654. The maximum Gasteiger partial charge on any atom is 0.201 e. The van der Waals surface area contributed by atoms with Crippen molar-refractivity contribution in [3.05, 3.63) is 59.9 Å². The van der Waals surface area contributed by atoms with E-state index in [9.17, 15) is 9.59 Å². The Morgan fingerprint density at radius 2 is 1.72 bits per heavy atom. The van der Waals surface area contributed by atoms with Crippen molar-refractivity contribution in [2.75, 3.05) is 5.32 Å². The summed E-state index contributed by atoms with van der Waals surface area (Å²) in [4.78, 5) is 26.9. The SMILES string of the molecule is [B]C(=O)Nc1ccccc1C(=O)c1ccncc1. The lowest BCUT2D eigenvalue weighted by Gasteiger charge is -2.08. The summed E-state index contributed by atoms with van der Waals surface area (Å²) in [5, 5.41) is 2.43. The van der Waals surface area contributed by atoms with Gasteiger partial charge in [0, 0.05) is 23.5 Å². The van der Waals surface area contributed by atoms with Crippen molar-refractivity contribution in [3.8, 4) is 0 Å². The van der Waals surface area contributed by atoms with Gasteiger partial charge in [-0.1, -0.05) is 12.1 Å². The minimum Gasteiger partial charge on any atom is -0.335 e. The maximum atomic E-state index is 12.2. The van der Waals surface area contributed by atoms with Crippen LogP contribution in [0.1, 0.15) is 15.9 Å².